The summed E-state index contributed by atoms with van der Waals surface area (Å²) in [4.78, 5) is 14.8. The summed E-state index contributed by atoms with van der Waals surface area (Å²) >= 11 is 0. The molecule has 0 spiro atoms. The molecule has 2 aromatic heterocycles. The zero-order chi connectivity index (χ0) is 19.1. The number of likely N-dealkylation sites (tertiary alicyclic amines) is 1. The highest BCUT2D eigenvalue weighted by Crippen LogP contribution is 2.30. The second-order valence-electron chi connectivity index (χ2n) is 7.62. The summed E-state index contributed by atoms with van der Waals surface area (Å²) < 4.78 is 7.92. The number of hydrogen-bond donors (Lipinski definition) is 0. The molecule has 0 radical (unpaired) electrons. The van der Waals surface area contributed by atoms with Gasteiger partial charge in [-0.1, -0.05) is 30.3 Å². The minimum absolute atomic E-state index is 0.145. The summed E-state index contributed by atoms with van der Waals surface area (Å²) in [5, 5.41) is 7.70. The summed E-state index contributed by atoms with van der Waals surface area (Å²) in [6.07, 6.45) is 4.13. The Hall–Kier alpha value is -3.08. The minimum atomic E-state index is 0.145. The standard InChI is InChI=1S/C23H23N3O2/c1-25-21(8-11-24-25)17-9-12-26(13-10-17)23(27)15-18-14-20-19-5-3-2-4-16(19)6-7-22(20)28-18/h2-8,11,14,17H,9-10,12-13,15H2,1H3. The van der Waals surface area contributed by atoms with Crippen LogP contribution < -0.4 is 0 Å². The van der Waals surface area contributed by atoms with Crippen molar-refractivity contribution in [3.8, 4) is 0 Å². The maximum Gasteiger partial charge on any atom is 0.230 e. The maximum absolute atomic E-state index is 12.8. The number of rotatable bonds is 3. The van der Waals surface area contributed by atoms with E-state index in [0.717, 1.165) is 42.7 Å². The molecule has 5 rings (SSSR count). The number of nitrogens with zero attached hydrogens (tertiary/aromatic N) is 3. The van der Waals surface area contributed by atoms with Crippen LogP contribution in [0.15, 0.2) is 59.1 Å². The minimum Gasteiger partial charge on any atom is -0.461 e. The van der Waals surface area contributed by atoms with Gasteiger partial charge in [-0.05, 0) is 41.8 Å². The van der Waals surface area contributed by atoms with Crippen LogP contribution in [0, 0.1) is 0 Å². The molecule has 142 valence electrons. The van der Waals surface area contributed by atoms with Gasteiger partial charge >= 0.3 is 0 Å². The first-order valence-corrected chi connectivity index (χ1v) is 9.85. The Morgan fingerprint density at radius 2 is 1.93 bits per heavy atom. The van der Waals surface area contributed by atoms with Crippen molar-refractivity contribution in [1.82, 2.24) is 14.7 Å². The van der Waals surface area contributed by atoms with Gasteiger partial charge in [0.25, 0.3) is 0 Å². The molecule has 0 atom stereocenters. The second kappa shape index (κ2) is 6.82. The number of amides is 1. The van der Waals surface area contributed by atoms with E-state index in [2.05, 4.69) is 29.4 Å². The Balaban J connectivity index is 1.29. The van der Waals surface area contributed by atoms with Gasteiger partial charge < -0.3 is 9.32 Å². The van der Waals surface area contributed by atoms with E-state index < -0.39 is 0 Å². The smallest absolute Gasteiger partial charge is 0.230 e. The first-order chi connectivity index (χ1) is 13.7. The average molecular weight is 373 g/mol. The quantitative estimate of drug-likeness (QED) is 0.539. The highest BCUT2D eigenvalue weighted by Gasteiger charge is 2.26. The van der Waals surface area contributed by atoms with Crippen LogP contribution in [0.3, 0.4) is 0 Å². The van der Waals surface area contributed by atoms with Crippen LogP contribution >= 0.6 is 0 Å². The Morgan fingerprint density at radius 3 is 2.71 bits per heavy atom. The van der Waals surface area contributed by atoms with Crippen LogP contribution in [0.2, 0.25) is 0 Å². The van der Waals surface area contributed by atoms with Crippen molar-refractivity contribution in [2.75, 3.05) is 13.1 Å². The Labute approximate surface area is 163 Å². The number of aromatic nitrogens is 2. The fourth-order valence-corrected chi connectivity index (χ4v) is 4.40. The van der Waals surface area contributed by atoms with E-state index in [1.807, 2.05) is 47.1 Å². The third-order valence-corrected chi connectivity index (χ3v) is 5.93. The van der Waals surface area contributed by atoms with Gasteiger partial charge in [-0.3, -0.25) is 9.48 Å². The van der Waals surface area contributed by atoms with Gasteiger partial charge in [0.05, 0.1) is 6.42 Å². The molecule has 28 heavy (non-hydrogen) atoms. The van der Waals surface area contributed by atoms with E-state index in [4.69, 9.17) is 4.42 Å². The van der Waals surface area contributed by atoms with E-state index in [1.165, 1.54) is 16.5 Å². The van der Waals surface area contributed by atoms with Crippen molar-refractivity contribution in [2.24, 2.45) is 7.05 Å². The molecule has 5 heteroatoms. The Bertz CT molecular complexity index is 1150. The Kier molecular flexibility index (Phi) is 4.15. The van der Waals surface area contributed by atoms with Gasteiger partial charge in [0.15, 0.2) is 0 Å². The number of piperidine rings is 1. The van der Waals surface area contributed by atoms with Crippen LogP contribution in [0.5, 0.6) is 0 Å². The van der Waals surface area contributed by atoms with Gasteiger partial charge in [-0.2, -0.15) is 5.10 Å². The first-order valence-electron chi connectivity index (χ1n) is 9.85. The number of fused-ring (bicyclic) bond motifs is 3. The topological polar surface area (TPSA) is 51.3 Å². The molecule has 3 heterocycles. The van der Waals surface area contributed by atoms with Crippen molar-refractivity contribution >= 4 is 27.6 Å². The molecular formula is C23H23N3O2. The van der Waals surface area contributed by atoms with Crippen molar-refractivity contribution in [3.05, 3.63) is 66.2 Å². The number of aryl methyl sites for hydroxylation is 1. The summed E-state index contributed by atoms with van der Waals surface area (Å²) in [6.45, 7) is 1.58. The summed E-state index contributed by atoms with van der Waals surface area (Å²) in [5.74, 6) is 1.37. The van der Waals surface area contributed by atoms with Gasteiger partial charge in [-0.25, -0.2) is 0 Å². The number of carbonyl (C=O) groups excluding carboxylic acids is 1. The van der Waals surface area contributed by atoms with Crippen molar-refractivity contribution in [1.29, 1.82) is 0 Å². The van der Waals surface area contributed by atoms with Gasteiger partial charge in [0, 0.05) is 43.3 Å². The lowest BCUT2D eigenvalue weighted by molar-refractivity contribution is -0.131. The molecule has 1 fully saturated rings. The van der Waals surface area contributed by atoms with Gasteiger partial charge in [0.2, 0.25) is 5.91 Å². The SMILES string of the molecule is Cn1nccc1C1CCN(C(=O)Cc2cc3c(ccc4ccccc43)o2)CC1. The van der Waals surface area contributed by atoms with Crippen LogP contribution in [0.25, 0.3) is 21.7 Å². The summed E-state index contributed by atoms with van der Waals surface area (Å²) in [5.41, 5.74) is 2.10. The lowest BCUT2D eigenvalue weighted by atomic mass is 9.93. The van der Waals surface area contributed by atoms with E-state index in [9.17, 15) is 4.79 Å². The molecule has 0 N–H and O–H groups in total. The molecule has 2 aromatic carbocycles. The second-order valence-corrected chi connectivity index (χ2v) is 7.62. The predicted octanol–water partition coefficient (Wildman–Crippen LogP) is 4.27. The predicted molar refractivity (Wildman–Crippen MR) is 109 cm³/mol. The van der Waals surface area contributed by atoms with E-state index in [-0.39, 0.29) is 5.91 Å². The number of carbonyl (C=O) groups is 1. The van der Waals surface area contributed by atoms with E-state index in [1.54, 1.807) is 0 Å². The highest BCUT2D eigenvalue weighted by molar-refractivity contribution is 6.06. The Morgan fingerprint density at radius 1 is 1.11 bits per heavy atom. The average Bonchev–Trinajstić information content (AvgIpc) is 3.34. The molecule has 1 amide bonds. The van der Waals surface area contributed by atoms with Gasteiger partial charge in [-0.15, -0.1) is 0 Å². The lowest BCUT2D eigenvalue weighted by Gasteiger charge is -2.32. The fraction of sp³-hybridized carbons (Fsp3) is 0.304. The number of hydrogen-bond acceptors (Lipinski definition) is 3. The molecule has 5 nitrogen and oxygen atoms in total. The van der Waals surface area contributed by atoms with Crippen molar-refractivity contribution in [3.63, 3.8) is 0 Å². The monoisotopic (exact) mass is 373 g/mol. The van der Waals surface area contributed by atoms with Crippen LogP contribution in [0.1, 0.15) is 30.2 Å². The lowest BCUT2D eigenvalue weighted by Crippen LogP contribution is -2.39. The third kappa shape index (κ3) is 2.97. The molecule has 1 aliphatic rings. The normalized spacial score (nSPS) is 15.5. The summed E-state index contributed by atoms with van der Waals surface area (Å²) in [6, 6.07) is 16.4. The van der Waals surface area contributed by atoms with Crippen molar-refractivity contribution < 1.29 is 9.21 Å². The molecule has 0 saturated carbocycles. The van der Waals surface area contributed by atoms with Crippen molar-refractivity contribution in [2.45, 2.75) is 25.2 Å². The molecule has 1 saturated heterocycles. The van der Waals surface area contributed by atoms with E-state index >= 15 is 0 Å². The largest absolute Gasteiger partial charge is 0.461 e. The molecule has 4 aromatic rings. The molecular weight excluding hydrogens is 350 g/mol. The summed E-state index contributed by atoms with van der Waals surface area (Å²) in [7, 11) is 1.98. The van der Waals surface area contributed by atoms with Crippen LogP contribution in [-0.2, 0) is 18.3 Å². The third-order valence-electron chi connectivity index (χ3n) is 5.93. The number of furan rings is 1. The molecule has 0 aliphatic carbocycles. The fourth-order valence-electron chi connectivity index (χ4n) is 4.40. The number of benzene rings is 2. The molecule has 1 aliphatic heterocycles. The molecule has 0 bridgehead atoms. The zero-order valence-corrected chi connectivity index (χ0v) is 16.0. The molecule has 0 unspecified atom stereocenters. The highest BCUT2D eigenvalue weighted by atomic mass is 16.3. The van der Waals surface area contributed by atoms with Crippen LogP contribution in [-0.4, -0.2) is 33.7 Å². The first kappa shape index (κ1) is 17.0. The van der Waals surface area contributed by atoms with Crippen LogP contribution in [0.4, 0.5) is 0 Å². The zero-order valence-electron chi connectivity index (χ0n) is 16.0. The van der Waals surface area contributed by atoms with E-state index in [0.29, 0.717) is 12.3 Å². The maximum atomic E-state index is 12.8. The van der Waals surface area contributed by atoms with Gasteiger partial charge in [0.1, 0.15) is 11.3 Å².